The van der Waals surface area contributed by atoms with Gasteiger partial charge in [-0.25, -0.2) is 28.8 Å². The van der Waals surface area contributed by atoms with Gasteiger partial charge in [-0.2, -0.15) is 0 Å². The summed E-state index contributed by atoms with van der Waals surface area (Å²) in [5, 5.41) is 20.1. The number of carbonyl (C=O) groups is 6. The maximum atomic E-state index is 12.9. The molecule has 6 rings (SSSR count). The highest BCUT2D eigenvalue weighted by molar-refractivity contribution is 5.94. The molecule has 0 saturated carbocycles. The van der Waals surface area contributed by atoms with Crippen LogP contribution in [0.2, 0.25) is 0 Å². The first-order chi connectivity index (χ1) is 25.9. The van der Waals surface area contributed by atoms with Crippen molar-refractivity contribution in [2.75, 3.05) is 13.2 Å². The van der Waals surface area contributed by atoms with Crippen LogP contribution < -0.4 is 18.9 Å². The van der Waals surface area contributed by atoms with Gasteiger partial charge in [-0.05, 0) is 96.1 Å². The fourth-order valence-electron chi connectivity index (χ4n) is 6.21. The number of fused-ring (bicyclic) bond motifs is 1. The summed E-state index contributed by atoms with van der Waals surface area (Å²) in [4.78, 5) is 73.4. The second kappa shape index (κ2) is 15.8. The normalized spacial score (nSPS) is 18.4. The van der Waals surface area contributed by atoms with Crippen molar-refractivity contribution < 1.29 is 67.4 Å². The number of carboxylic acids is 2. The summed E-state index contributed by atoms with van der Waals surface area (Å²) in [5.41, 5.74) is 0.677. The lowest BCUT2D eigenvalue weighted by Crippen LogP contribution is -2.26. The Labute approximate surface area is 306 Å². The number of ether oxygens (including phenoxy) is 6. The van der Waals surface area contributed by atoms with Gasteiger partial charge in [0, 0.05) is 24.0 Å². The van der Waals surface area contributed by atoms with Gasteiger partial charge in [0.2, 0.25) is 0 Å². The molecule has 0 aromatic heterocycles. The van der Waals surface area contributed by atoms with Crippen LogP contribution in [-0.4, -0.2) is 71.5 Å². The Balaban J connectivity index is 1.20. The van der Waals surface area contributed by atoms with Crippen molar-refractivity contribution in [3.05, 3.63) is 144 Å². The van der Waals surface area contributed by atoms with Crippen LogP contribution >= 0.6 is 0 Å². The molecular weight excluding hydrogens is 704 g/mol. The van der Waals surface area contributed by atoms with Crippen LogP contribution in [0.5, 0.6) is 23.0 Å². The molecule has 0 radical (unpaired) electrons. The first kappa shape index (κ1) is 36.9. The van der Waals surface area contributed by atoms with Crippen molar-refractivity contribution in [1.82, 2.24) is 0 Å². The number of rotatable bonds is 12. The van der Waals surface area contributed by atoms with Gasteiger partial charge < -0.3 is 38.6 Å². The maximum Gasteiger partial charge on any atom is 0.343 e. The van der Waals surface area contributed by atoms with Gasteiger partial charge in [-0.1, -0.05) is 13.2 Å². The molecule has 2 saturated heterocycles. The van der Waals surface area contributed by atoms with Crippen LogP contribution in [0.1, 0.15) is 64.4 Å². The number of hydrogen-bond donors (Lipinski definition) is 2. The SMILES string of the molecule is C=CC(=O)Oc1ccc(C(=O)Oc2ccc(C(=O)O)c([C@H]3CO[C@@H]4[C@H]3OC[C@H]4c3cc(OC(=O)c4ccc(OC(=O)C=C)cc4)ccc3C(=O)O)c2)cc1. The predicted molar refractivity (Wildman–Crippen MR) is 186 cm³/mol. The molecule has 14 nitrogen and oxygen atoms in total. The number of esters is 4. The highest BCUT2D eigenvalue weighted by Gasteiger charge is 2.50. The molecule has 4 atom stereocenters. The fourth-order valence-corrected chi connectivity index (χ4v) is 6.21. The molecular formula is C40H30O14. The van der Waals surface area contributed by atoms with E-state index in [1.54, 1.807) is 0 Å². The average Bonchev–Trinajstić information content (AvgIpc) is 3.78. The van der Waals surface area contributed by atoms with E-state index < -0.39 is 59.9 Å². The van der Waals surface area contributed by atoms with E-state index in [0.29, 0.717) is 0 Å². The van der Waals surface area contributed by atoms with E-state index >= 15 is 0 Å². The van der Waals surface area contributed by atoms with Gasteiger partial charge in [-0.15, -0.1) is 0 Å². The van der Waals surface area contributed by atoms with Gasteiger partial charge in [0.05, 0.1) is 47.7 Å². The van der Waals surface area contributed by atoms with E-state index in [2.05, 4.69) is 13.2 Å². The molecule has 0 spiro atoms. The van der Waals surface area contributed by atoms with Crippen LogP contribution in [0.4, 0.5) is 0 Å². The Morgan fingerprint density at radius 2 is 0.889 bits per heavy atom. The van der Waals surface area contributed by atoms with Crippen LogP contribution in [0.3, 0.4) is 0 Å². The zero-order valence-electron chi connectivity index (χ0n) is 28.2. The van der Waals surface area contributed by atoms with Crippen LogP contribution in [0.25, 0.3) is 0 Å². The largest absolute Gasteiger partial charge is 0.478 e. The summed E-state index contributed by atoms with van der Waals surface area (Å²) in [6, 6.07) is 19.3. The third kappa shape index (κ3) is 7.94. The third-order valence-electron chi connectivity index (χ3n) is 8.73. The van der Waals surface area contributed by atoms with Crippen molar-refractivity contribution in [2.24, 2.45) is 0 Å². The van der Waals surface area contributed by atoms with E-state index in [0.717, 1.165) is 12.2 Å². The Hall–Kier alpha value is -6.90. The molecule has 0 aliphatic carbocycles. The Kier molecular flexibility index (Phi) is 10.8. The molecule has 4 aromatic rings. The summed E-state index contributed by atoms with van der Waals surface area (Å²) in [5.74, 6) is -6.12. The number of carboxylic acid groups (broad SMARTS) is 2. The molecule has 4 aromatic carbocycles. The highest BCUT2D eigenvalue weighted by atomic mass is 16.6. The van der Waals surface area contributed by atoms with Gasteiger partial charge >= 0.3 is 35.8 Å². The quantitative estimate of drug-likeness (QED) is 0.107. The Morgan fingerprint density at radius 3 is 1.22 bits per heavy atom. The van der Waals surface area contributed by atoms with Gasteiger partial charge in [0.1, 0.15) is 23.0 Å². The molecule has 2 heterocycles. The van der Waals surface area contributed by atoms with Crippen molar-refractivity contribution in [1.29, 1.82) is 0 Å². The van der Waals surface area contributed by atoms with E-state index in [4.69, 9.17) is 28.4 Å². The van der Waals surface area contributed by atoms with E-state index in [1.165, 1.54) is 84.9 Å². The van der Waals surface area contributed by atoms with Crippen LogP contribution in [0, 0.1) is 0 Å². The monoisotopic (exact) mass is 734 g/mol. The number of hydrogen-bond acceptors (Lipinski definition) is 12. The second-order valence-corrected chi connectivity index (χ2v) is 12.0. The lowest BCUT2D eigenvalue weighted by atomic mass is 9.84. The molecule has 2 aliphatic rings. The van der Waals surface area contributed by atoms with E-state index in [1.807, 2.05) is 0 Å². The molecule has 54 heavy (non-hydrogen) atoms. The predicted octanol–water partition coefficient (Wildman–Crippen LogP) is 5.37. The van der Waals surface area contributed by atoms with Crippen molar-refractivity contribution in [2.45, 2.75) is 24.0 Å². The summed E-state index contributed by atoms with van der Waals surface area (Å²) >= 11 is 0. The number of benzene rings is 4. The summed E-state index contributed by atoms with van der Waals surface area (Å²) in [6.45, 7) is 6.66. The molecule has 0 unspecified atom stereocenters. The molecule has 0 bridgehead atoms. The zero-order chi connectivity index (χ0) is 38.5. The minimum atomic E-state index is -1.24. The zero-order valence-corrected chi connectivity index (χ0v) is 28.2. The summed E-state index contributed by atoms with van der Waals surface area (Å²) in [6.07, 6.45) is 0.562. The van der Waals surface area contributed by atoms with Crippen LogP contribution in [-0.2, 0) is 19.1 Å². The topological polar surface area (TPSA) is 198 Å². The fraction of sp³-hybridized carbons (Fsp3) is 0.150. The van der Waals surface area contributed by atoms with Crippen LogP contribution in [0.15, 0.2) is 110 Å². The molecule has 2 fully saturated rings. The first-order valence-corrected chi connectivity index (χ1v) is 16.3. The third-order valence-corrected chi connectivity index (χ3v) is 8.73. The molecule has 274 valence electrons. The highest BCUT2D eigenvalue weighted by Crippen LogP contribution is 2.46. The minimum absolute atomic E-state index is 0.00356. The summed E-state index contributed by atoms with van der Waals surface area (Å²) < 4.78 is 33.4. The molecule has 14 heteroatoms. The van der Waals surface area contributed by atoms with Crippen molar-refractivity contribution in [3.63, 3.8) is 0 Å². The lowest BCUT2D eigenvalue weighted by molar-refractivity contribution is -0.129. The van der Waals surface area contributed by atoms with Crippen molar-refractivity contribution in [3.8, 4) is 23.0 Å². The standard InChI is InChI=1S/C40H30O14/c1-3-33(41)51-23-9-5-21(6-10-23)39(47)53-25-13-15-27(37(43)44)29(17-25)31-19-49-36-32(20-50-35(31)36)30-18-26(14-16-28(30)38(45)46)54-40(48)22-7-11-24(12-8-22)52-34(42)4-2/h3-18,31-32,35-36H,1-2,19-20H2,(H,43,44)(H,45,46)/t31-,32+,35-,36-/m0/s1. The molecule has 2 N–H and O–H groups in total. The van der Waals surface area contributed by atoms with Crippen molar-refractivity contribution >= 4 is 35.8 Å². The smallest absolute Gasteiger partial charge is 0.343 e. The molecule has 2 aliphatic heterocycles. The average molecular weight is 735 g/mol. The minimum Gasteiger partial charge on any atom is -0.478 e. The maximum absolute atomic E-state index is 12.9. The summed E-state index contributed by atoms with van der Waals surface area (Å²) in [7, 11) is 0. The van der Waals surface area contributed by atoms with Gasteiger partial charge in [0.25, 0.3) is 0 Å². The van der Waals surface area contributed by atoms with Gasteiger partial charge in [-0.3, -0.25) is 0 Å². The van der Waals surface area contributed by atoms with Gasteiger partial charge in [0.15, 0.2) is 0 Å². The van der Waals surface area contributed by atoms with E-state index in [9.17, 15) is 39.0 Å². The van der Waals surface area contributed by atoms with E-state index in [-0.39, 0.29) is 69.6 Å². The second-order valence-electron chi connectivity index (χ2n) is 12.0. The lowest BCUT2D eigenvalue weighted by Gasteiger charge is -2.20. The Bertz CT molecular complexity index is 2010. The Morgan fingerprint density at radius 1 is 0.537 bits per heavy atom. The number of aromatic carboxylic acids is 2. The first-order valence-electron chi connectivity index (χ1n) is 16.3. The number of carbonyl (C=O) groups excluding carboxylic acids is 4. The molecule has 0 amide bonds.